The molecule has 0 aliphatic rings. The molecule has 0 aromatic carbocycles. The van der Waals surface area contributed by atoms with Crippen LogP contribution in [0.2, 0.25) is 0 Å². The van der Waals surface area contributed by atoms with Gasteiger partial charge in [-0.15, -0.1) is 0 Å². The highest BCUT2D eigenvalue weighted by Gasteiger charge is 2.03. The SMILES string of the molecule is CN(C)CCOc1ccc(-c2cnc3ccnn3c2)cn1. The van der Waals surface area contributed by atoms with Crippen molar-refractivity contribution < 1.29 is 4.74 Å². The van der Waals surface area contributed by atoms with E-state index in [1.807, 2.05) is 44.7 Å². The smallest absolute Gasteiger partial charge is 0.213 e. The summed E-state index contributed by atoms with van der Waals surface area (Å²) in [6, 6.07) is 5.71. The zero-order valence-corrected chi connectivity index (χ0v) is 12.1. The highest BCUT2D eigenvalue weighted by atomic mass is 16.5. The summed E-state index contributed by atoms with van der Waals surface area (Å²) >= 11 is 0. The fraction of sp³-hybridized carbons (Fsp3) is 0.267. The Morgan fingerprint density at radius 2 is 1.95 bits per heavy atom. The summed E-state index contributed by atoms with van der Waals surface area (Å²) in [5.74, 6) is 0.633. The molecule has 0 bridgehead atoms. The topological polar surface area (TPSA) is 55.5 Å². The summed E-state index contributed by atoms with van der Waals surface area (Å²) < 4.78 is 7.33. The van der Waals surface area contributed by atoms with Crippen LogP contribution >= 0.6 is 0 Å². The molecule has 6 nitrogen and oxygen atoms in total. The lowest BCUT2D eigenvalue weighted by molar-refractivity contribution is 0.254. The van der Waals surface area contributed by atoms with Crippen LogP contribution < -0.4 is 4.74 Å². The van der Waals surface area contributed by atoms with E-state index in [0.29, 0.717) is 12.5 Å². The maximum absolute atomic E-state index is 5.58. The molecule has 0 radical (unpaired) electrons. The maximum atomic E-state index is 5.58. The second kappa shape index (κ2) is 5.88. The number of pyridine rings is 1. The largest absolute Gasteiger partial charge is 0.476 e. The van der Waals surface area contributed by atoms with Crippen molar-refractivity contribution in [1.82, 2.24) is 24.5 Å². The standard InChI is InChI=1S/C15H17N5O/c1-19(2)7-8-21-15-4-3-12(9-17-15)13-10-16-14-5-6-18-20(14)11-13/h3-6,9-11H,7-8H2,1-2H3. The molecule has 0 aliphatic carbocycles. The van der Waals surface area contributed by atoms with Gasteiger partial charge >= 0.3 is 0 Å². The van der Waals surface area contributed by atoms with Gasteiger partial charge in [-0.25, -0.2) is 14.5 Å². The third-order valence-corrected chi connectivity index (χ3v) is 3.10. The van der Waals surface area contributed by atoms with Crippen molar-refractivity contribution in [2.24, 2.45) is 0 Å². The third-order valence-electron chi connectivity index (χ3n) is 3.10. The van der Waals surface area contributed by atoms with Gasteiger partial charge < -0.3 is 9.64 Å². The molecule has 108 valence electrons. The normalized spacial score (nSPS) is 11.2. The number of fused-ring (bicyclic) bond motifs is 1. The van der Waals surface area contributed by atoms with E-state index in [4.69, 9.17) is 4.74 Å². The van der Waals surface area contributed by atoms with Crippen LogP contribution in [0.15, 0.2) is 43.0 Å². The van der Waals surface area contributed by atoms with Gasteiger partial charge in [0.05, 0.1) is 6.20 Å². The minimum absolute atomic E-state index is 0.625. The molecule has 3 rings (SSSR count). The minimum Gasteiger partial charge on any atom is -0.476 e. The Bertz CT molecular complexity index is 720. The third kappa shape index (κ3) is 3.17. The Morgan fingerprint density at radius 1 is 1.10 bits per heavy atom. The molecular formula is C15H17N5O. The van der Waals surface area contributed by atoms with E-state index in [-0.39, 0.29) is 0 Å². The van der Waals surface area contributed by atoms with Gasteiger partial charge in [0, 0.05) is 48.4 Å². The lowest BCUT2D eigenvalue weighted by Gasteiger charge is -2.10. The van der Waals surface area contributed by atoms with Crippen LogP contribution in [0.25, 0.3) is 16.8 Å². The van der Waals surface area contributed by atoms with Crippen LogP contribution in [0, 0.1) is 0 Å². The van der Waals surface area contributed by atoms with Crippen LogP contribution in [-0.2, 0) is 0 Å². The highest BCUT2D eigenvalue weighted by molar-refractivity contribution is 5.62. The predicted octanol–water partition coefficient (Wildman–Crippen LogP) is 1.73. The van der Waals surface area contributed by atoms with E-state index in [9.17, 15) is 0 Å². The molecule has 3 aromatic rings. The van der Waals surface area contributed by atoms with Gasteiger partial charge in [-0.05, 0) is 20.2 Å². The highest BCUT2D eigenvalue weighted by Crippen LogP contribution is 2.19. The average Bonchev–Trinajstić information content (AvgIpc) is 2.95. The number of hydrogen-bond acceptors (Lipinski definition) is 5. The molecule has 0 unspecified atom stereocenters. The van der Waals surface area contributed by atoms with Crippen molar-refractivity contribution in [3.8, 4) is 17.0 Å². The summed E-state index contributed by atoms with van der Waals surface area (Å²) in [7, 11) is 4.02. The fourth-order valence-electron chi connectivity index (χ4n) is 1.93. The van der Waals surface area contributed by atoms with Crippen molar-refractivity contribution in [2.45, 2.75) is 0 Å². The molecule has 0 fully saturated rings. The monoisotopic (exact) mass is 283 g/mol. The van der Waals surface area contributed by atoms with Crippen molar-refractivity contribution >= 4 is 5.65 Å². The van der Waals surface area contributed by atoms with Gasteiger partial charge in [-0.1, -0.05) is 0 Å². The van der Waals surface area contributed by atoms with Gasteiger partial charge in [0.25, 0.3) is 0 Å². The lowest BCUT2D eigenvalue weighted by Crippen LogP contribution is -2.19. The molecule has 21 heavy (non-hydrogen) atoms. The Morgan fingerprint density at radius 3 is 2.71 bits per heavy atom. The number of aromatic nitrogens is 4. The van der Waals surface area contributed by atoms with Crippen LogP contribution in [0.1, 0.15) is 0 Å². The summed E-state index contributed by atoms with van der Waals surface area (Å²) in [4.78, 5) is 10.7. The molecule has 0 saturated heterocycles. The van der Waals surface area contributed by atoms with Crippen LogP contribution in [-0.4, -0.2) is 51.7 Å². The average molecular weight is 283 g/mol. The second-order valence-corrected chi connectivity index (χ2v) is 5.01. The molecule has 3 aromatic heterocycles. The number of hydrogen-bond donors (Lipinski definition) is 0. The van der Waals surface area contributed by atoms with E-state index in [0.717, 1.165) is 23.3 Å². The summed E-state index contributed by atoms with van der Waals surface area (Å²) in [5, 5.41) is 4.18. The second-order valence-electron chi connectivity index (χ2n) is 5.01. The quantitative estimate of drug-likeness (QED) is 0.714. The van der Waals surface area contributed by atoms with Gasteiger partial charge in [-0.2, -0.15) is 5.10 Å². The molecular weight excluding hydrogens is 266 g/mol. The minimum atomic E-state index is 0.625. The first kappa shape index (κ1) is 13.5. The van der Waals surface area contributed by atoms with E-state index in [2.05, 4.69) is 20.0 Å². The lowest BCUT2D eigenvalue weighted by atomic mass is 10.1. The first-order valence-electron chi connectivity index (χ1n) is 6.76. The number of rotatable bonds is 5. The molecule has 0 saturated carbocycles. The van der Waals surface area contributed by atoms with Gasteiger partial charge in [-0.3, -0.25) is 0 Å². The number of ether oxygens (including phenoxy) is 1. The first-order chi connectivity index (χ1) is 10.2. The van der Waals surface area contributed by atoms with E-state index < -0.39 is 0 Å². The van der Waals surface area contributed by atoms with Gasteiger partial charge in [0.2, 0.25) is 5.88 Å². The molecule has 0 amide bonds. The Kier molecular flexibility index (Phi) is 3.79. The zero-order valence-electron chi connectivity index (χ0n) is 12.1. The molecule has 0 aliphatic heterocycles. The maximum Gasteiger partial charge on any atom is 0.213 e. The number of likely N-dealkylation sites (N-methyl/N-ethyl adjacent to an activating group) is 1. The van der Waals surface area contributed by atoms with Crippen molar-refractivity contribution in [3.05, 3.63) is 43.0 Å². The van der Waals surface area contributed by atoms with Crippen LogP contribution in [0.4, 0.5) is 0 Å². The van der Waals surface area contributed by atoms with Crippen molar-refractivity contribution in [1.29, 1.82) is 0 Å². The van der Waals surface area contributed by atoms with Gasteiger partial charge in [0.15, 0.2) is 5.65 Å². The van der Waals surface area contributed by atoms with E-state index >= 15 is 0 Å². The van der Waals surface area contributed by atoms with Crippen LogP contribution in [0.3, 0.4) is 0 Å². The summed E-state index contributed by atoms with van der Waals surface area (Å²) in [5.41, 5.74) is 2.79. The Hall–Kier alpha value is -2.47. The summed E-state index contributed by atoms with van der Waals surface area (Å²) in [6.07, 6.45) is 7.27. The fourth-order valence-corrected chi connectivity index (χ4v) is 1.93. The van der Waals surface area contributed by atoms with Crippen molar-refractivity contribution in [2.75, 3.05) is 27.2 Å². The Labute approximate surface area is 123 Å². The predicted molar refractivity (Wildman–Crippen MR) is 80.3 cm³/mol. The van der Waals surface area contributed by atoms with E-state index in [1.54, 1.807) is 16.9 Å². The molecule has 3 heterocycles. The van der Waals surface area contributed by atoms with Crippen molar-refractivity contribution in [3.63, 3.8) is 0 Å². The van der Waals surface area contributed by atoms with Crippen LogP contribution in [0.5, 0.6) is 5.88 Å². The molecule has 0 atom stereocenters. The Balaban J connectivity index is 1.73. The first-order valence-corrected chi connectivity index (χ1v) is 6.76. The zero-order chi connectivity index (χ0) is 14.7. The molecule has 0 N–H and O–H groups in total. The molecule has 6 heteroatoms. The van der Waals surface area contributed by atoms with E-state index in [1.165, 1.54) is 0 Å². The molecule has 0 spiro atoms. The summed E-state index contributed by atoms with van der Waals surface area (Å²) in [6.45, 7) is 1.49. The van der Waals surface area contributed by atoms with Gasteiger partial charge in [0.1, 0.15) is 6.61 Å². The number of nitrogens with zero attached hydrogens (tertiary/aromatic N) is 5.